The van der Waals surface area contributed by atoms with Crippen LogP contribution in [0.2, 0.25) is 0 Å². The monoisotopic (exact) mass is 348 g/mol. The molecule has 1 atom stereocenters. The number of amides is 3. The van der Waals surface area contributed by atoms with Crippen LogP contribution in [0.25, 0.3) is 0 Å². The molecule has 3 amide bonds. The van der Waals surface area contributed by atoms with E-state index in [0.717, 1.165) is 19.5 Å². The van der Waals surface area contributed by atoms with Crippen molar-refractivity contribution in [3.63, 3.8) is 0 Å². The Labute approximate surface area is 147 Å². The Morgan fingerprint density at radius 1 is 1.24 bits per heavy atom. The summed E-state index contributed by atoms with van der Waals surface area (Å²) < 4.78 is 12.9. The van der Waals surface area contributed by atoms with Gasteiger partial charge in [0, 0.05) is 38.4 Å². The third-order valence-electron chi connectivity index (χ3n) is 4.72. The number of carbonyl (C=O) groups is 2. The lowest BCUT2D eigenvalue weighted by Crippen LogP contribution is -2.42. The van der Waals surface area contributed by atoms with E-state index in [9.17, 15) is 14.0 Å². The summed E-state index contributed by atoms with van der Waals surface area (Å²) >= 11 is 0. The molecule has 3 rings (SSSR count). The molecule has 1 heterocycles. The number of nitrogens with zero attached hydrogens (tertiary/aromatic N) is 2. The van der Waals surface area contributed by atoms with Crippen LogP contribution in [-0.4, -0.2) is 61.0 Å². The average molecular weight is 348 g/mol. The van der Waals surface area contributed by atoms with E-state index in [0.29, 0.717) is 24.7 Å². The number of urea groups is 1. The van der Waals surface area contributed by atoms with Gasteiger partial charge in [0.1, 0.15) is 5.82 Å². The molecule has 0 bridgehead atoms. The molecule has 1 saturated heterocycles. The number of hydrogen-bond donors (Lipinski definition) is 2. The number of hydrogen-bond acceptors (Lipinski definition) is 3. The number of anilines is 1. The second-order valence-electron chi connectivity index (χ2n) is 7.04. The Balaban J connectivity index is 1.39. The van der Waals surface area contributed by atoms with Crippen molar-refractivity contribution < 1.29 is 14.0 Å². The molecule has 0 radical (unpaired) electrons. The van der Waals surface area contributed by atoms with Gasteiger partial charge in [-0.05, 0) is 49.4 Å². The molecule has 1 saturated carbocycles. The van der Waals surface area contributed by atoms with Gasteiger partial charge < -0.3 is 15.5 Å². The predicted molar refractivity (Wildman–Crippen MR) is 93.8 cm³/mol. The molecule has 1 aromatic rings. The molecular weight excluding hydrogens is 323 g/mol. The Morgan fingerprint density at radius 3 is 2.64 bits per heavy atom. The second kappa shape index (κ2) is 7.82. The van der Waals surface area contributed by atoms with E-state index in [-0.39, 0.29) is 23.8 Å². The number of halogens is 1. The van der Waals surface area contributed by atoms with Crippen LogP contribution in [0.15, 0.2) is 24.3 Å². The van der Waals surface area contributed by atoms with Gasteiger partial charge in [-0.15, -0.1) is 0 Å². The Hall–Kier alpha value is -2.15. The molecule has 6 nitrogen and oxygen atoms in total. The second-order valence-corrected chi connectivity index (χ2v) is 7.04. The number of benzene rings is 1. The minimum absolute atomic E-state index is 0.0157. The van der Waals surface area contributed by atoms with Crippen LogP contribution in [0.5, 0.6) is 0 Å². The Bertz CT molecular complexity index is 618. The zero-order chi connectivity index (χ0) is 17.8. The SMILES string of the molecule is CN(CC1CC1)C(=O)CN1CC[C@@H](NC(=O)Nc2ccc(F)cc2)C1. The van der Waals surface area contributed by atoms with Crippen molar-refractivity contribution in [2.45, 2.75) is 25.3 Å². The summed E-state index contributed by atoms with van der Waals surface area (Å²) in [6.07, 6.45) is 3.28. The van der Waals surface area contributed by atoms with Crippen molar-refractivity contribution in [3.8, 4) is 0 Å². The van der Waals surface area contributed by atoms with Gasteiger partial charge in [-0.2, -0.15) is 0 Å². The van der Waals surface area contributed by atoms with Gasteiger partial charge in [0.15, 0.2) is 0 Å². The molecule has 136 valence electrons. The van der Waals surface area contributed by atoms with Gasteiger partial charge in [0.2, 0.25) is 5.91 Å². The van der Waals surface area contributed by atoms with Gasteiger partial charge in [0.25, 0.3) is 0 Å². The minimum Gasteiger partial charge on any atom is -0.344 e. The van der Waals surface area contributed by atoms with E-state index < -0.39 is 0 Å². The first kappa shape index (κ1) is 17.7. The van der Waals surface area contributed by atoms with Crippen LogP contribution in [0.1, 0.15) is 19.3 Å². The number of likely N-dealkylation sites (tertiary alicyclic amines) is 1. The fourth-order valence-corrected chi connectivity index (χ4v) is 3.08. The van der Waals surface area contributed by atoms with E-state index in [2.05, 4.69) is 15.5 Å². The van der Waals surface area contributed by atoms with Crippen molar-refractivity contribution in [2.75, 3.05) is 38.5 Å². The summed E-state index contributed by atoms with van der Waals surface area (Å²) in [5.41, 5.74) is 0.547. The molecule has 2 fully saturated rings. The van der Waals surface area contributed by atoms with Crippen LogP contribution < -0.4 is 10.6 Å². The maximum atomic E-state index is 12.9. The van der Waals surface area contributed by atoms with Crippen LogP contribution in [0.4, 0.5) is 14.9 Å². The van der Waals surface area contributed by atoms with Crippen molar-refractivity contribution in [2.24, 2.45) is 5.92 Å². The highest BCUT2D eigenvalue weighted by atomic mass is 19.1. The maximum Gasteiger partial charge on any atom is 0.319 e. The lowest BCUT2D eigenvalue weighted by atomic mass is 10.3. The van der Waals surface area contributed by atoms with E-state index in [1.807, 2.05) is 11.9 Å². The van der Waals surface area contributed by atoms with E-state index in [1.54, 1.807) is 0 Å². The van der Waals surface area contributed by atoms with Gasteiger partial charge >= 0.3 is 6.03 Å². The van der Waals surface area contributed by atoms with Gasteiger partial charge in [-0.1, -0.05) is 0 Å². The van der Waals surface area contributed by atoms with Gasteiger partial charge in [-0.3, -0.25) is 9.69 Å². The smallest absolute Gasteiger partial charge is 0.319 e. The molecule has 2 N–H and O–H groups in total. The molecule has 1 aromatic carbocycles. The maximum absolute atomic E-state index is 12.9. The number of rotatable bonds is 6. The Morgan fingerprint density at radius 2 is 1.96 bits per heavy atom. The molecule has 2 aliphatic rings. The predicted octanol–water partition coefficient (Wildman–Crippen LogP) is 1.89. The van der Waals surface area contributed by atoms with Crippen molar-refractivity contribution >= 4 is 17.6 Å². The zero-order valence-corrected chi connectivity index (χ0v) is 14.5. The molecule has 0 spiro atoms. The van der Waals surface area contributed by atoms with E-state index in [1.165, 1.54) is 37.1 Å². The summed E-state index contributed by atoms with van der Waals surface area (Å²) in [5.74, 6) is 0.495. The fourth-order valence-electron chi connectivity index (χ4n) is 3.08. The zero-order valence-electron chi connectivity index (χ0n) is 14.5. The first-order chi connectivity index (χ1) is 12.0. The summed E-state index contributed by atoms with van der Waals surface area (Å²) in [6.45, 7) is 2.72. The van der Waals surface area contributed by atoms with Crippen LogP contribution >= 0.6 is 0 Å². The lowest BCUT2D eigenvalue weighted by molar-refractivity contribution is -0.131. The third kappa shape index (κ3) is 5.42. The molecular formula is C18H25FN4O2. The fraction of sp³-hybridized carbons (Fsp3) is 0.556. The Kier molecular flexibility index (Phi) is 5.53. The number of likely N-dealkylation sites (N-methyl/N-ethyl adjacent to an activating group) is 1. The first-order valence-corrected chi connectivity index (χ1v) is 8.79. The summed E-state index contributed by atoms with van der Waals surface area (Å²) in [5, 5.41) is 5.59. The molecule has 25 heavy (non-hydrogen) atoms. The van der Waals surface area contributed by atoms with Crippen LogP contribution in [0, 0.1) is 11.7 Å². The highest BCUT2D eigenvalue weighted by Crippen LogP contribution is 2.29. The average Bonchev–Trinajstić information content (AvgIpc) is 3.28. The standard InChI is InChI=1S/C18H25FN4O2/c1-22(10-13-2-3-13)17(24)12-23-9-8-16(11-23)21-18(25)20-15-6-4-14(19)5-7-15/h4-7,13,16H,2-3,8-12H2,1H3,(H2,20,21,25)/t16-/m1/s1. The molecule has 1 aliphatic carbocycles. The summed E-state index contributed by atoms with van der Waals surface area (Å²) in [6, 6.07) is 5.35. The minimum atomic E-state index is -0.339. The van der Waals surface area contributed by atoms with Crippen LogP contribution in [-0.2, 0) is 4.79 Å². The summed E-state index contributed by atoms with van der Waals surface area (Å²) in [4.78, 5) is 28.1. The highest BCUT2D eigenvalue weighted by Gasteiger charge is 2.28. The number of nitrogens with one attached hydrogen (secondary N) is 2. The molecule has 0 unspecified atom stereocenters. The van der Waals surface area contributed by atoms with E-state index >= 15 is 0 Å². The van der Waals surface area contributed by atoms with Crippen molar-refractivity contribution in [1.82, 2.24) is 15.1 Å². The third-order valence-corrected chi connectivity index (χ3v) is 4.72. The topological polar surface area (TPSA) is 64.7 Å². The molecule has 1 aliphatic heterocycles. The highest BCUT2D eigenvalue weighted by molar-refractivity contribution is 5.89. The number of carbonyl (C=O) groups excluding carboxylic acids is 2. The normalized spacial score (nSPS) is 20.3. The van der Waals surface area contributed by atoms with Crippen LogP contribution in [0.3, 0.4) is 0 Å². The largest absolute Gasteiger partial charge is 0.344 e. The van der Waals surface area contributed by atoms with Crippen molar-refractivity contribution in [1.29, 1.82) is 0 Å². The summed E-state index contributed by atoms with van der Waals surface area (Å²) in [7, 11) is 1.86. The quantitative estimate of drug-likeness (QED) is 0.825. The lowest BCUT2D eigenvalue weighted by Gasteiger charge is -2.21. The molecule has 0 aromatic heterocycles. The first-order valence-electron chi connectivity index (χ1n) is 8.79. The van der Waals surface area contributed by atoms with Gasteiger partial charge in [0.05, 0.1) is 6.54 Å². The van der Waals surface area contributed by atoms with E-state index in [4.69, 9.17) is 0 Å². The van der Waals surface area contributed by atoms with Crippen molar-refractivity contribution in [3.05, 3.63) is 30.1 Å². The molecule has 7 heteroatoms. The van der Waals surface area contributed by atoms with Gasteiger partial charge in [-0.25, -0.2) is 9.18 Å².